The molecule has 0 saturated carbocycles. The zero-order valence-corrected chi connectivity index (χ0v) is 12.1. The Hall–Kier alpha value is -1.59. The highest BCUT2D eigenvalue weighted by Crippen LogP contribution is 2.29. The first-order valence-corrected chi connectivity index (χ1v) is 6.21. The number of hydrogen-bond donors (Lipinski definition) is 0. The molecule has 0 N–H and O–H groups in total. The molecule has 0 aromatic carbocycles. The van der Waals surface area contributed by atoms with Gasteiger partial charge in [0.1, 0.15) is 5.60 Å². The third-order valence-corrected chi connectivity index (χ3v) is 3.16. The lowest BCUT2D eigenvalue weighted by molar-refractivity contribution is -0.158. The van der Waals surface area contributed by atoms with Gasteiger partial charge in [0, 0.05) is 12.3 Å². The highest BCUT2D eigenvalue weighted by Gasteiger charge is 2.36. The zero-order chi connectivity index (χ0) is 14.6. The quantitative estimate of drug-likeness (QED) is 0.572. The van der Waals surface area contributed by atoms with E-state index in [0.29, 0.717) is 5.71 Å². The van der Waals surface area contributed by atoms with Gasteiger partial charge >= 0.3 is 11.9 Å². The Morgan fingerprint density at radius 1 is 1.37 bits per heavy atom. The number of hydrogen-bond acceptors (Lipinski definition) is 6. The molecule has 0 fully saturated rings. The van der Waals surface area contributed by atoms with Gasteiger partial charge in [-0.3, -0.25) is 9.59 Å². The van der Waals surface area contributed by atoms with Gasteiger partial charge in [-0.25, -0.2) is 0 Å². The van der Waals surface area contributed by atoms with Crippen molar-refractivity contribution in [1.29, 1.82) is 0 Å². The van der Waals surface area contributed by atoms with E-state index in [-0.39, 0.29) is 17.9 Å². The molecule has 1 aliphatic rings. The van der Waals surface area contributed by atoms with E-state index >= 15 is 0 Å². The summed E-state index contributed by atoms with van der Waals surface area (Å²) in [5, 5.41) is 4.04. The van der Waals surface area contributed by atoms with Gasteiger partial charge in [0.15, 0.2) is 5.92 Å². The van der Waals surface area contributed by atoms with Crippen molar-refractivity contribution in [2.75, 3.05) is 14.2 Å². The maximum absolute atomic E-state index is 11.6. The molecule has 19 heavy (non-hydrogen) atoms. The van der Waals surface area contributed by atoms with Crippen molar-refractivity contribution in [3.05, 3.63) is 0 Å². The van der Waals surface area contributed by atoms with Crippen molar-refractivity contribution in [3.8, 4) is 0 Å². The van der Waals surface area contributed by atoms with E-state index in [1.54, 1.807) is 0 Å². The third kappa shape index (κ3) is 3.94. The molecule has 0 aromatic rings. The molecule has 0 spiro atoms. The summed E-state index contributed by atoms with van der Waals surface area (Å²) in [6, 6.07) is 0. The standard InChI is InChI=1S/C13H21NO5/c1-8-7-13(2,3)19-14-10(8)6-9(11(15)17-4)12(16)18-5/h8-9H,6-7H2,1-5H3. The number of carbonyl (C=O) groups is 2. The molecule has 1 unspecified atom stereocenters. The van der Waals surface area contributed by atoms with Crippen LogP contribution in [0.5, 0.6) is 0 Å². The van der Waals surface area contributed by atoms with Crippen LogP contribution in [0, 0.1) is 11.8 Å². The van der Waals surface area contributed by atoms with E-state index in [2.05, 4.69) is 14.6 Å². The average Bonchev–Trinajstić information content (AvgIpc) is 2.35. The molecule has 6 nitrogen and oxygen atoms in total. The molecule has 0 aliphatic carbocycles. The van der Waals surface area contributed by atoms with Crippen LogP contribution in [0.3, 0.4) is 0 Å². The molecular weight excluding hydrogens is 250 g/mol. The molecule has 0 saturated heterocycles. The lowest BCUT2D eigenvalue weighted by Gasteiger charge is -2.32. The molecule has 1 heterocycles. The molecular formula is C13H21NO5. The van der Waals surface area contributed by atoms with E-state index in [1.165, 1.54) is 14.2 Å². The van der Waals surface area contributed by atoms with Crippen LogP contribution in [-0.2, 0) is 23.9 Å². The molecule has 0 bridgehead atoms. The van der Waals surface area contributed by atoms with Crippen molar-refractivity contribution in [1.82, 2.24) is 0 Å². The molecule has 0 radical (unpaired) electrons. The summed E-state index contributed by atoms with van der Waals surface area (Å²) in [4.78, 5) is 28.6. The summed E-state index contributed by atoms with van der Waals surface area (Å²) in [7, 11) is 2.48. The first kappa shape index (κ1) is 15.5. The van der Waals surface area contributed by atoms with E-state index in [0.717, 1.165) is 6.42 Å². The predicted octanol–water partition coefficient (Wildman–Crippen LogP) is 1.53. The van der Waals surface area contributed by atoms with Crippen LogP contribution in [0.2, 0.25) is 0 Å². The SMILES string of the molecule is COC(=O)C(CC1=NOC(C)(C)CC1C)C(=O)OC. The fourth-order valence-electron chi connectivity index (χ4n) is 2.16. The minimum absolute atomic E-state index is 0.139. The highest BCUT2D eigenvalue weighted by molar-refractivity contribution is 6.00. The topological polar surface area (TPSA) is 74.2 Å². The molecule has 0 aromatic heterocycles. The fourth-order valence-corrected chi connectivity index (χ4v) is 2.16. The summed E-state index contributed by atoms with van der Waals surface area (Å²) in [5.41, 5.74) is 0.356. The second-order valence-electron chi connectivity index (χ2n) is 5.34. The summed E-state index contributed by atoms with van der Waals surface area (Å²) >= 11 is 0. The van der Waals surface area contributed by atoms with E-state index in [9.17, 15) is 9.59 Å². The van der Waals surface area contributed by atoms with Gasteiger partial charge in [-0.05, 0) is 20.3 Å². The largest absolute Gasteiger partial charge is 0.468 e. The minimum Gasteiger partial charge on any atom is -0.468 e. The summed E-state index contributed by atoms with van der Waals surface area (Å²) < 4.78 is 9.23. The number of nitrogens with zero attached hydrogens (tertiary/aromatic N) is 1. The van der Waals surface area contributed by atoms with Crippen molar-refractivity contribution < 1.29 is 23.9 Å². The van der Waals surface area contributed by atoms with Crippen LogP contribution >= 0.6 is 0 Å². The van der Waals surface area contributed by atoms with Gasteiger partial charge < -0.3 is 14.3 Å². The van der Waals surface area contributed by atoms with Crippen LogP contribution < -0.4 is 0 Å². The summed E-state index contributed by atoms with van der Waals surface area (Å²) in [5.74, 6) is -2.08. The summed E-state index contributed by atoms with van der Waals surface area (Å²) in [6.07, 6.45) is 0.942. The average molecular weight is 271 g/mol. The van der Waals surface area contributed by atoms with Gasteiger partial charge in [0.05, 0.1) is 19.9 Å². The number of rotatable bonds is 4. The molecule has 1 aliphatic heterocycles. The van der Waals surface area contributed by atoms with Gasteiger partial charge in [-0.1, -0.05) is 12.1 Å². The maximum Gasteiger partial charge on any atom is 0.320 e. The second-order valence-corrected chi connectivity index (χ2v) is 5.34. The Morgan fingerprint density at radius 2 is 1.89 bits per heavy atom. The van der Waals surface area contributed by atoms with E-state index in [4.69, 9.17) is 4.84 Å². The number of esters is 2. The number of ether oxygens (including phenoxy) is 2. The van der Waals surface area contributed by atoms with Crippen molar-refractivity contribution in [2.45, 2.75) is 39.2 Å². The molecule has 1 atom stereocenters. The summed E-state index contributed by atoms with van der Waals surface area (Å²) in [6.45, 7) is 5.89. The molecule has 0 amide bonds. The Morgan fingerprint density at radius 3 is 2.32 bits per heavy atom. The number of methoxy groups -OCH3 is 2. The first-order chi connectivity index (χ1) is 8.80. The molecule has 1 rings (SSSR count). The van der Waals surface area contributed by atoms with Crippen molar-refractivity contribution >= 4 is 17.7 Å². The van der Waals surface area contributed by atoms with Gasteiger partial charge in [-0.2, -0.15) is 0 Å². The molecule has 108 valence electrons. The minimum atomic E-state index is -0.985. The van der Waals surface area contributed by atoms with Crippen molar-refractivity contribution in [3.63, 3.8) is 0 Å². The number of oxime groups is 1. The maximum atomic E-state index is 11.6. The smallest absolute Gasteiger partial charge is 0.320 e. The number of carbonyl (C=O) groups excluding carboxylic acids is 2. The van der Waals surface area contributed by atoms with Crippen LogP contribution in [0.15, 0.2) is 5.16 Å². The predicted molar refractivity (Wildman–Crippen MR) is 68.5 cm³/mol. The Kier molecular flexibility index (Phi) is 4.91. The highest BCUT2D eigenvalue weighted by atomic mass is 16.6. The normalized spacial score (nSPS) is 21.4. The fraction of sp³-hybridized carbons (Fsp3) is 0.769. The Labute approximate surface area is 113 Å². The van der Waals surface area contributed by atoms with Crippen molar-refractivity contribution in [2.24, 2.45) is 17.0 Å². The zero-order valence-electron chi connectivity index (χ0n) is 12.1. The lowest BCUT2D eigenvalue weighted by Crippen LogP contribution is -2.37. The van der Waals surface area contributed by atoms with Gasteiger partial charge in [0.25, 0.3) is 0 Å². The van der Waals surface area contributed by atoms with Crippen LogP contribution in [0.25, 0.3) is 0 Å². The van der Waals surface area contributed by atoms with Gasteiger partial charge in [-0.15, -0.1) is 0 Å². The van der Waals surface area contributed by atoms with E-state index < -0.39 is 17.9 Å². The van der Waals surface area contributed by atoms with Gasteiger partial charge in [0.2, 0.25) is 0 Å². The van der Waals surface area contributed by atoms with Crippen LogP contribution in [0.1, 0.15) is 33.6 Å². The third-order valence-electron chi connectivity index (χ3n) is 3.16. The van der Waals surface area contributed by atoms with Crippen LogP contribution in [-0.4, -0.2) is 37.5 Å². The molecule has 6 heteroatoms. The Bertz CT molecular complexity index is 372. The second kappa shape index (κ2) is 6.04. The lowest BCUT2D eigenvalue weighted by atomic mass is 9.86. The van der Waals surface area contributed by atoms with Crippen LogP contribution in [0.4, 0.5) is 0 Å². The van der Waals surface area contributed by atoms with E-state index in [1.807, 2.05) is 20.8 Å². The first-order valence-electron chi connectivity index (χ1n) is 6.21. The Balaban J connectivity index is 2.83. The monoisotopic (exact) mass is 271 g/mol.